The molecule has 6 heteroatoms. The van der Waals surface area contributed by atoms with Gasteiger partial charge in [-0.15, -0.1) is 12.4 Å². The lowest BCUT2D eigenvalue weighted by Gasteiger charge is -2.62. The lowest BCUT2D eigenvalue weighted by atomic mass is 9.44. The van der Waals surface area contributed by atoms with Gasteiger partial charge in [-0.1, -0.05) is 26.7 Å². The standard InChI is InChI=1S/C29H50N2O3.ClH/c1-28-10-9-22-21(23(28)18-24(27(28)33)30-11-5-3-4-6-12-30)8-7-20-17-26(32)25(19-29(20,22)2)31-13-15-34-16-14-31;/h20-27,32-33H,3-19H2,1-2H3;1H/t20?,21-,22-,23+,24?,25?,26?,27?,28+,29+;/m1./s1. The number of rotatable bonds is 2. The van der Waals surface area contributed by atoms with E-state index in [4.69, 9.17) is 4.74 Å². The van der Waals surface area contributed by atoms with Crippen LogP contribution in [0.5, 0.6) is 0 Å². The van der Waals surface area contributed by atoms with Crippen LogP contribution in [0.25, 0.3) is 0 Å². The molecule has 0 amide bonds. The average Bonchev–Trinajstić information content (AvgIpc) is 3.00. The van der Waals surface area contributed by atoms with Crippen molar-refractivity contribution in [3.63, 3.8) is 0 Å². The van der Waals surface area contributed by atoms with Gasteiger partial charge >= 0.3 is 0 Å². The molecule has 202 valence electrons. The van der Waals surface area contributed by atoms with Crippen molar-refractivity contribution in [3.8, 4) is 0 Å². The first-order valence-electron chi connectivity index (χ1n) is 14.8. The van der Waals surface area contributed by atoms with Crippen LogP contribution >= 0.6 is 12.4 Å². The predicted molar refractivity (Wildman–Crippen MR) is 142 cm³/mol. The summed E-state index contributed by atoms with van der Waals surface area (Å²) in [5, 5.41) is 22.9. The summed E-state index contributed by atoms with van der Waals surface area (Å²) < 4.78 is 5.63. The maximum atomic E-state index is 11.7. The minimum Gasteiger partial charge on any atom is -0.391 e. The first-order valence-corrected chi connectivity index (χ1v) is 14.8. The number of aliphatic hydroxyl groups is 2. The first-order chi connectivity index (χ1) is 16.4. The molecule has 2 N–H and O–H groups in total. The Morgan fingerprint density at radius 1 is 0.743 bits per heavy atom. The van der Waals surface area contributed by atoms with Gasteiger partial charge in [-0.2, -0.15) is 0 Å². The number of ether oxygens (including phenoxy) is 1. The van der Waals surface area contributed by atoms with Crippen molar-refractivity contribution in [1.82, 2.24) is 9.80 Å². The van der Waals surface area contributed by atoms with E-state index >= 15 is 0 Å². The van der Waals surface area contributed by atoms with Crippen LogP contribution in [0.2, 0.25) is 0 Å². The van der Waals surface area contributed by atoms with Crippen molar-refractivity contribution >= 4 is 12.4 Å². The van der Waals surface area contributed by atoms with E-state index < -0.39 is 0 Å². The highest BCUT2D eigenvalue weighted by Crippen LogP contribution is 2.66. The van der Waals surface area contributed by atoms with Gasteiger partial charge in [0.25, 0.3) is 0 Å². The van der Waals surface area contributed by atoms with Crippen LogP contribution in [0.15, 0.2) is 0 Å². The Hall–Kier alpha value is 0.0900. The summed E-state index contributed by atoms with van der Waals surface area (Å²) in [6, 6.07) is 0.683. The molecule has 0 spiro atoms. The Morgan fingerprint density at radius 3 is 2.14 bits per heavy atom. The normalized spacial score (nSPS) is 51.4. The number of nitrogens with zero attached hydrogens (tertiary/aromatic N) is 2. The number of fused-ring (bicyclic) bond motifs is 5. The van der Waals surface area contributed by atoms with Crippen molar-refractivity contribution in [3.05, 3.63) is 0 Å². The summed E-state index contributed by atoms with van der Waals surface area (Å²) in [5.74, 6) is 2.85. The third kappa shape index (κ3) is 4.42. The van der Waals surface area contributed by atoms with Crippen LogP contribution in [0.4, 0.5) is 0 Å². The zero-order valence-corrected chi connectivity index (χ0v) is 23.1. The number of halogens is 1. The second-order valence-corrected chi connectivity index (χ2v) is 13.6. The Kier molecular flexibility index (Phi) is 7.88. The molecule has 0 radical (unpaired) electrons. The highest BCUT2D eigenvalue weighted by molar-refractivity contribution is 5.85. The number of aliphatic hydroxyl groups excluding tert-OH is 2. The molecule has 2 heterocycles. The Morgan fingerprint density at radius 2 is 1.43 bits per heavy atom. The predicted octanol–water partition coefficient (Wildman–Crippen LogP) is 4.34. The second kappa shape index (κ2) is 10.3. The molecule has 4 aliphatic carbocycles. The minimum absolute atomic E-state index is 0. The minimum atomic E-state index is -0.178. The van der Waals surface area contributed by atoms with E-state index in [1.165, 1.54) is 70.9 Å². The van der Waals surface area contributed by atoms with E-state index in [1.807, 2.05) is 0 Å². The van der Waals surface area contributed by atoms with E-state index in [9.17, 15) is 10.2 Å². The highest BCUT2D eigenvalue weighted by Gasteiger charge is 2.63. The monoisotopic (exact) mass is 510 g/mol. The Bertz CT molecular complexity index is 727. The van der Waals surface area contributed by atoms with Crippen LogP contribution in [-0.4, -0.2) is 83.7 Å². The fourth-order valence-corrected chi connectivity index (χ4v) is 10.3. The van der Waals surface area contributed by atoms with Gasteiger partial charge in [0.05, 0.1) is 25.4 Å². The van der Waals surface area contributed by atoms with Crippen molar-refractivity contribution in [2.24, 2.45) is 34.5 Å². The van der Waals surface area contributed by atoms with Gasteiger partial charge in [-0.3, -0.25) is 9.80 Å². The zero-order chi connectivity index (χ0) is 23.5. The Labute approximate surface area is 219 Å². The molecule has 0 aromatic carbocycles. The van der Waals surface area contributed by atoms with Gasteiger partial charge < -0.3 is 14.9 Å². The van der Waals surface area contributed by atoms with Crippen molar-refractivity contribution in [2.45, 2.75) is 109 Å². The van der Waals surface area contributed by atoms with Gasteiger partial charge in [0.15, 0.2) is 0 Å². The molecule has 6 aliphatic rings. The van der Waals surface area contributed by atoms with Gasteiger partial charge in [0.2, 0.25) is 0 Å². The average molecular weight is 511 g/mol. The molecule has 0 bridgehead atoms. The number of likely N-dealkylation sites (tertiary alicyclic amines) is 1. The highest BCUT2D eigenvalue weighted by atomic mass is 35.5. The molecule has 5 nitrogen and oxygen atoms in total. The van der Waals surface area contributed by atoms with Crippen LogP contribution in [0.1, 0.15) is 84.5 Å². The molecule has 10 atom stereocenters. The summed E-state index contributed by atoms with van der Waals surface area (Å²) >= 11 is 0. The van der Waals surface area contributed by atoms with E-state index in [2.05, 4.69) is 23.6 Å². The summed E-state index contributed by atoms with van der Waals surface area (Å²) in [6.07, 6.45) is 13.4. The zero-order valence-electron chi connectivity index (χ0n) is 22.2. The molecule has 6 rings (SSSR count). The first kappa shape index (κ1) is 26.7. The molecule has 2 aliphatic heterocycles. The second-order valence-electron chi connectivity index (χ2n) is 13.6. The summed E-state index contributed by atoms with van der Waals surface area (Å²) in [4.78, 5) is 5.23. The van der Waals surface area contributed by atoms with E-state index in [-0.39, 0.29) is 30.0 Å². The third-order valence-corrected chi connectivity index (χ3v) is 12.3. The molecule has 6 fully saturated rings. The molecule has 0 aromatic rings. The lowest BCUT2D eigenvalue weighted by molar-refractivity contribution is -0.158. The quantitative estimate of drug-likeness (QED) is 0.578. The molecule has 0 aromatic heterocycles. The van der Waals surface area contributed by atoms with E-state index in [0.29, 0.717) is 29.3 Å². The summed E-state index contributed by atoms with van der Waals surface area (Å²) in [6.45, 7) is 11.0. The van der Waals surface area contributed by atoms with Gasteiger partial charge in [-0.25, -0.2) is 0 Å². The lowest BCUT2D eigenvalue weighted by Crippen LogP contribution is -2.61. The van der Waals surface area contributed by atoms with Crippen LogP contribution < -0.4 is 0 Å². The molecular weight excluding hydrogens is 460 g/mol. The largest absolute Gasteiger partial charge is 0.391 e. The molecule has 2 saturated heterocycles. The third-order valence-electron chi connectivity index (χ3n) is 12.3. The topological polar surface area (TPSA) is 56.2 Å². The van der Waals surface area contributed by atoms with Crippen LogP contribution in [0, 0.1) is 34.5 Å². The van der Waals surface area contributed by atoms with E-state index in [0.717, 1.165) is 51.0 Å². The summed E-state index contributed by atoms with van der Waals surface area (Å²) in [5.41, 5.74) is 0.428. The van der Waals surface area contributed by atoms with Crippen molar-refractivity contribution in [1.29, 1.82) is 0 Å². The van der Waals surface area contributed by atoms with Gasteiger partial charge in [0, 0.05) is 25.2 Å². The van der Waals surface area contributed by atoms with Crippen LogP contribution in [-0.2, 0) is 4.74 Å². The molecule has 5 unspecified atom stereocenters. The molecule has 4 saturated carbocycles. The maximum absolute atomic E-state index is 11.7. The molecule has 35 heavy (non-hydrogen) atoms. The van der Waals surface area contributed by atoms with E-state index in [1.54, 1.807) is 0 Å². The number of morpholine rings is 1. The molecular formula is C29H51ClN2O3. The fraction of sp³-hybridized carbons (Fsp3) is 1.00. The smallest absolute Gasteiger partial charge is 0.0751 e. The van der Waals surface area contributed by atoms with Crippen molar-refractivity contribution in [2.75, 3.05) is 39.4 Å². The maximum Gasteiger partial charge on any atom is 0.0751 e. The SMILES string of the molecule is C[C@]12CC(N3CCOCC3)C(O)CC1CC[C@@H]1[C@H]2CC[C@]2(C)C(O)C(N3CCCCCC3)C[C@@H]12.Cl. The van der Waals surface area contributed by atoms with Crippen LogP contribution in [0.3, 0.4) is 0 Å². The van der Waals surface area contributed by atoms with Gasteiger partial charge in [-0.05, 0) is 105 Å². The summed E-state index contributed by atoms with van der Waals surface area (Å²) in [7, 11) is 0. The van der Waals surface area contributed by atoms with Crippen molar-refractivity contribution < 1.29 is 14.9 Å². The number of hydrogen-bond acceptors (Lipinski definition) is 5. The van der Waals surface area contributed by atoms with Gasteiger partial charge in [0.1, 0.15) is 0 Å². The fourth-order valence-electron chi connectivity index (χ4n) is 10.3. The number of hydrogen-bond donors (Lipinski definition) is 2. The Balaban J connectivity index is 0.00000253.